The molecule has 2 aromatic heterocycles. The summed E-state index contributed by atoms with van der Waals surface area (Å²) in [5, 5.41) is 7.24. The predicted molar refractivity (Wildman–Crippen MR) is 105 cm³/mol. The SMILES string of the molecule is Cc1ccc2[nH]c(CCC(=O)N[C@@H](CC(C)C)c3ncnn3C)nc2c1C. The second-order valence-electron chi connectivity index (χ2n) is 7.58. The van der Waals surface area contributed by atoms with Crippen LogP contribution >= 0.6 is 0 Å². The Morgan fingerprint density at radius 3 is 2.74 bits per heavy atom. The van der Waals surface area contributed by atoms with Gasteiger partial charge in [0.1, 0.15) is 18.0 Å². The molecule has 3 rings (SSSR count). The first kappa shape index (κ1) is 19.1. The number of imidazole rings is 1. The number of aromatic amines is 1. The molecule has 7 nitrogen and oxygen atoms in total. The summed E-state index contributed by atoms with van der Waals surface area (Å²) in [6, 6.07) is 4.00. The van der Waals surface area contributed by atoms with Gasteiger partial charge in [-0.25, -0.2) is 9.97 Å². The van der Waals surface area contributed by atoms with Crippen molar-refractivity contribution in [1.29, 1.82) is 0 Å². The maximum atomic E-state index is 12.5. The van der Waals surface area contributed by atoms with Crippen LogP contribution in [0.5, 0.6) is 0 Å². The summed E-state index contributed by atoms with van der Waals surface area (Å²) in [6.45, 7) is 8.42. The Hall–Kier alpha value is -2.70. The first-order valence-electron chi connectivity index (χ1n) is 9.43. The zero-order valence-electron chi connectivity index (χ0n) is 16.7. The lowest BCUT2D eigenvalue weighted by atomic mass is 10.0. The molecule has 2 N–H and O–H groups in total. The topological polar surface area (TPSA) is 88.5 Å². The lowest BCUT2D eigenvalue weighted by Crippen LogP contribution is -2.31. The van der Waals surface area contributed by atoms with Crippen molar-refractivity contribution < 1.29 is 4.79 Å². The number of amides is 1. The number of aryl methyl sites for hydroxylation is 4. The van der Waals surface area contributed by atoms with E-state index in [1.165, 1.54) is 17.5 Å². The molecular weight excluding hydrogens is 340 g/mol. The number of H-pyrrole nitrogens is 1. The van der Waals surface area contributed by atoms with Crippen LogP contribution in [0.3, 0.4) is 0 Å². The molecule has 0 aliphatic rings. The van der Waals surface area contributed by atoms with Crippen LogP contribution in [0.2, 0.25) is 0 Å². The highest BCUT2D eigenvalue weighted by atomic mass is 16.1. The average Bonchev–Trinajstić information content (AvgIpc) is 3.22. The Bertz CT molecular complexity index is 939. The van der Waals surface area contributed by atoms with E-state index in [0.29, 0.717) is 18.8 Å². The van der Waals surface area contributed by atoms with Crippen LogP contribution in [0.15, 0.2) is 18.5 Å². The molecule has 0 aliphatic carbocycles. The lowest BCUT2D eigenvalue weighted by Gasteiger charge is -2.19. The van der Waals surface area contributed by atoms with Crippen molar-refractivity contribution in [2.45, 2.75) is 53.0 Å². The van der Waals surface area contributed by atoms with E-state index in [4.69, 9.17) is 0 Å². The van der Waals surface area contributed by atoms with Crippen molar-refractivity contribution in [3.63, 3.8) is 0 Å². The van der Waals surface area contributed by atoms with E-state index in [1.54, 1.807) is 4.68 Å². The van der Waals surface area contributed by atoms with Gasteiger partial charge in [-0.15, -0.1) is 0 Å². The monoisotopic (exact) mass is 368 g/mol. The van der Waals surface area contributed by atoms with E-state index in [2.05, 4.69) is 59.1 Å². The van der Waals surface area contributed by atoms with Crippen LogP contribution in [0, 0.1) is 19.8 Å². The lowest BCUT2D eigenvalue weighted by molar-refractivity contribution is -0.122. The molecule has 0 saturated heterocycles. The predicted octanol–water partition coefficient (Wildman–Crippen LogP) is 3.14. The molecule has 0 aliphatic heterocycles. The smallest absolute Gasteiger partial charge is 0.221 e. The standard InChI is InChI=1S/C20H28N6O/c1-12(2)10-16(20-21-11-22-26(20)5)24-18(27)9-8-17-23-15-7-6-13(3)14(4)19(15)25-17/h6-7,11-12,16H,8-10H2,1-5H3,(H,23,25)(H,24,27)/t16-/m0/s1. The van der Waals surface area contributed by atoms with Gasteiger partial charge in [-0.05, 0) is 43.4 Å². The van der Waals surface area contributed by atoms with E-state index in [1.807, 2.05) is 13.1 Å². The molecular formula is C20H28N6O. The normalized spacial score (nSPS) is 12.7. The van der Waals surface area contributed by atoms with Crippen molar-refractivity contribution in [3.05, 3.63) is 41.2 Å². The Kier molecular flexibility index (Phi) is 5.58. The van der Waals surface area contributed by atoms with Crippen LogP contribution < -0.4 is 5.32 Å². The van der Waals surface area contributed by atoms with Crippen LogP contribution in [0.4, 0.5) is 0 Å². The Morgan fingerprint density at radius 1 is 1.30 bits per heavy atom. The molecule has 1 aromatic carbocycles. The van der Waals surface area contributed by atoms with Gasteiger partial charge in [0.15, 0.2) is 0 Å². The van der Waals surface area contributed by atoms with E-state index in [0.717, 1.165) is 29.1 Å². The maximum Gasteiger partial charge on any atom is 0.221 e. The molecule has 0 spiro atoms. The van der Waals surface area contributed by atoms with Gasteiger partial charge in [-0.3, -0.25) is 9.48 Å². The molecule has 0 bridgehead atoms. The summed E-state index contributed by atoms with van der Waals surface area (Å²) in [5.41, 5.74) is 4.41. The third-order valence-corrected chi connectivity index (χ3v) is 4.92. The largest absolute Gasteiger partial charge is 0.346 e. The summed E-state index contributed by atoms with van der Waals surface area (Å²) < 4.78 is 1.72. The van der Waals surface area contributed by atoms with Crippen molar-refractivity contribution in [3.8, 4) is 0 Å². The maximum absolute atomic E-state index is 12.5. The number of nitrogens with zero attached hydrogens (tertiary/aromatic N) is 4. The molecule has 1 amide bonds. The molecule has 7 heteroatoms. The molecule has 3 aromatic rings. The zero-order valence-corrected chi connectivity index (χ0v) is 16.7. The fraction of sp³-hybridized carbons (Fsp3) is 0.500. The molecule has 144 valence electrons. The fourth-order valence-corrected chi connectivity index (χ4v) is 3.30. The van der Waals surface area contributed by atoms with Crippen LogP contribution in [0.25, 0.3) is 11.0 Å². The van der Waals surface area contributed by atoms with E-state index >= 15 is 0 Å². The number of nitrogens with one attached hydrogen (secondary N) is 2. The van der Waals surface area contributed by atoms with Crippen molar-refractivity contribution >= 4 is 16.9 Å². The van der Waals surface area contributed by atoms with Gasteiger partial charge < -0.3 is 10.3 Å². The van der Waals surface area contributed by atoms with Gasteiger partial charge in [0, 0.05) is 19.9 Å². The summed E-state index contributed by atoms with van der Waals surface area (Å²) in [5.74, 6) is 2.06. The van der Waals surface area contributed by atoms with Gasteiger partial charge in [-0.2, -0.15) is 5.10 Å². The Morgan fingerprint density at radius 2 is 2.07 bits per heavy atom. The minimum absolute atomic E-state index is 0.00277. The van der Waals surface area contributed by atoms with Gasteiger partial charge in [-0.1, -0.05) is 19.9 Å². The third-order valence-electron chi connectivity index (χ3n) is 4.92. The molecule has 2 heterocycles. The van der Waals surface area contributed by atoms with Crippen LogP contribution in [-0.4, -0.2) is 30.6 Å². The molecule has 0 fully saturated rings. The minimum Gasteiger partial charge on any atom is -0.346 e. The number of fused-ring (bicyclic) bond motifs is 1. The minimum atomic E-state index is -0.134. The van der Waals surface area contributed by atoms with Gasteiger partial charge in [0.2, 0.25) is 5.91 Å². The van der Waals surface area contributed by atoms with E-state index in [9.17, 15) is 4.79 Å². The highest BCUT2D eigenvalue weighted by molar-refractivity contribution is 5.80. The highest BCUT2D eigenvalue weighted by Crippen LogP contribution is 2.21. The number of hydrogen-bond donors (Lipinski definition) is 2. The summed E-state index contributed by atoms with van der Waals surface area (Å²) >= 11 is 0. The summed E-state index contributed by atoms with van der Waals surface area (Å²) in [6.07, 6.45) is 3.30. The number of carbonyl (C=O) groups excluding carboxylic acids is 1. The number of hydrogen-bond acceptors (Lipinski definition) is 4. The second kappa shape index (κ2) is 7.90. The number of rotatable bonds is 7. The second-order valence-corrected chi connectivity index (χ2v) is 7.58. The fourth-order valence-electron chi connectivity index (χ4n) is 3.30. The number of benzene rings is 1. The zero-order chi connectivity index (χ0) is 19.6. The van der Waals surface area contributed by atoms with Gasteiger partial charge in [0.05, 0.1) is 17.1 Å². The molecule has 1 atom stereocenters. The molecule has 0 unspecified atom stereocenters. The van der Waals surface area contributed by atoms with Gasteiger partial charge in [0.25, 0.3) is 0 Å². The number of carbonyl (C=O) groups is 1. The molecule has 0 radical (unpaired) electrons. The summed E-state index contributed by atoms with van der Waals surface area (Å²) in [7, 11) is 1.85. The highest BCUT2D eigenvalue weighted by Gasteiger charge is 2.20. The quantitative estimate of drug-likeness (QED) is 0.670. The van der Waals surface area contributed by atoms with Crippen molar-refractivity contribution in [2.24, 2.45) is 13.0 Å². The van der Waals surface area contributed by atoms with Crippen LogP contribution in [0.1, 0.15) is 55.5 Å². The van der Waals surface area contributed by atoms with E-state index < -0.39 is 0 Å². The Labute approximate surface area is 159 Å². The number of aromatic nitrogens is 5. The first-order valence-corrected chi connectivity index (χ1v) is 9.43. The first-order chi connectivity index (χ1) is 12.8. The molecule has 0 saturated carbocycles. The molecule has 27 heavy (non-hydrogen) atoms. The van der Waals surface area contributed by atoms with Gasteiger partial charge >= 0.3 is 0 Å². The Balaban J connectivity index is 1.66. The third kappa shape index (κ3) is 4.35. The van der Waals surface area contributed by atoms with Crippen LogP contribution in [-0.2, 0) is 18.3 Å². The average molecular weight is 368 g/mol. The summed E-state index contributed by atoms with van der Waals surface area (Å²) in [4.78, 5) is 24.8. The van der Waals surface area contributed by atoms with Crippen molar-refractivity contribution in [1.82, 2.24) is 30.0 Å². The van der Waals surface area contributed by atoms with Crippen molar-refractivity contribution in [2.75, 3.05) is 0 Å². The van der Waals surface area contributed by atoms with E-state index in [-0.39, 0.29) is 11.9 Å².